The van der Waals surface area contributed by atoms with Crippen LogP contribution < -0.4 is 5.32 Å². The van der Waals surface area contributed by atoms with Gasteiger partial charge in [-0.05, 0) is 44.8 Å². The van der Waals surface area contributed by atoms with Crippen molar-refractivity contribution in [3.63, 3.8) is 0 Å². The molecule has 0 radical (unpaired) electrons. The highest BCUT2D eigenvalue weighted by Crippen LogP contribution is 2.23. The maximum atomic E-state index is 3.54. The van der Waals surface area contributed by atoms with E-state index in [0.29, 0.717) is 0 Å². The highest BCUT2D eigenvalue weighted by atomic mass is 15.2. The lowest BCUT2D eigenvalue weighted by Gasteiger charge is -2.35. The van der Waals surface area contributed by atoms with Gasteiger partial charge in [0.05, 0.1) is 0 Å². The van der Waals surface area contributed by atoms with Crippen LogP contribution in [0.15, 0.2) is 0 Å². The van der Waals surface area contributed by atoms with Gasteiger partial charge in [0, 0.05) is 12.6 Å². The van der Waals surface area contributed by atoms with E-state index in [1.54, 1.807) is 0 Å². The van der Waals surface area contributed by atoms with Gasteiger partial charge in [-0.1, -0.05) is 40.0 Å². The number of rotatable bonds is 8. The zero-order valence-electron chi connectivity index (χ0n) is 12.2. The van der Waals surface area contributed by atoms with Crippen molar-refractivity contribution in [2.75, 3.05) is 26.2 Å². The van der Waals surface area contributed by atoms with Gasteiger partial charge in [-0.3, -0.25) is 0 Å². The van der Waals surface area contributed by atoms with Crippen molar-refractivity contribution in [3.8, 4) is 0 Å². The summed E-state index contributed by atoms with van der Waals surface area (Å²) in [4.78, 5) is 2.72. The van der Waals surface area contributed by atoms with Crippen molar-refractivity contribution in [1.82, 2.24) is 10.2 Å². The minimum Gasteiger partial charge on any atom is -0.316 e. The molecule has 0 spiro atoms. The number of hydrogen-bond donors (Lipinski definition) is 1. The summed E-state index contributed by atoms with van der Waals surface area (Å²) < 4.78 is 0. The fourth-order valence-corrected chi connectivity index (χ4v) is 2.97. The summed E-state index contributed by atoms with van der Waals surface area (Å²) in [5.74, 6) is 0.781. The average molecular weight is 240 g/mol. The van der Waals surface area contributed by atoms with E-state index in [1.165, 1.54) is 64.7 Å². The third kappa shape index (κ3) is 5.87. The highest BCUT2D eigenvalue weighted by molar-refractivity contribution is 4.76. The zero-order chi connectivity index (χ0) is 12.5. The average Bonchev–Trinajstić information content (AvgIpc) is 2.37. The molecule has 1 fully saturated rings. The minimum absolute atomic E-state index is 0.781. The van der Waals surface area contributed by atoms with Crippen molar-refractivity contribution in [2.24, 2.45) is 5.92 Å². The molecule has 17 heavy (non-hydrogen) atoms. The standard InChI is InChI=1S/C15H32N2/c1-4-11-16-12-14(3)13-17(5-2)15-9-7-6-8-10-15/h14-16H,4-13H2,1-3H3. The van der Waals surface area contributed by atoms with E-state index in [9.17, 15) is 0 Å². The van der Waals surface area contributed by atoms with Crippen LogP contribution in [0.3, 0.4) is 0 Å². The van der Waals surface area contributed by atoms with Crippen molar-refractivity contribution < 1.29 is 0 Å². The van der Waals surface area contributed by atoms with Crippen LogP contribution in [0.2, 0.25) is 0 Å². The van der Waals surface area contributed by atoms with Gasteiger partial charge < -0.3 is 10.2 Å². The Hall–Kier alpha value is -0.0800. The van der Waals surface area contributed by atoms with Crippen LogP contribution in [-0.2, 0) is 0 Å². The van der Waals surface area contributed by atoms with Crippen LogP contribution in [0.25, 0.3) is 0 Å². The molecule has 2 heteroatoms. The van der Waals surface area contributed by atoms with Crippen LogP contribution in [-0.4, -0.2) is 37.1 Å². The number of nitrogens with one attached hydrogen (secondary N) is 1. The summed E-state index contributed by atoms with van der Waals surface area (Å²) in [6.07, 6.45) is 8.47. The van der Waals surface area contributed by atoms with E-state index in [-0.39, 0.29) is 0 Å². The van der Waals surface area contributed by atoms with E-state index in [0.717, 1.165) is 12.0 Å². The van der Waals surface area contributed by atoms with Crippen LogP contribution in [0.5, 0.6) is 0 Å². The molecular weight excluding hydrogens is 208 g/mol. The molecule has 102 valence electrons. The minimum atomic E-state index is 0.781. The lowest BCUT2D eigenvalue weighted by atomic mass is 9.93. The Morgan fingerprint density at radius 1 is 1.18 bits per heavy atom. The molecule has 0 saturated heterocycles. The van der Waals surface area contributed by atoms with E-state index in [2.05, 4.69) is 31.0 Å². The summed E-state index contributed by atoms with van der Waals surface area (Å²) in [6.45, 7) is 11.8. The SMILES string of the molecule is CCCNCC(C)CN(CC)C1CCCCC1. The van der Waals surface area contributed by atoms with Gasteiger partial charge in [-0.2, -0.15) is 0 Å². The molecule has 0 aromatic heterocycles. The molecule has 0 aromatic rings. The zero-order valence-corrected chi connectivity index (χ0v) is 12.2. The second-order valence-electron chi connectivity index (χ2n) is 5.69. The lowest BCUT2D eigenvalue weighted by molar-refractivity contribution is 0.143. The predicted octanol–water partition coefficient (Wildman–Crippen LogP) is 3.28. The predicted molar refractivity (Wildman–Crippen MR) is 76.4 cm³/mol. The number of nitrogens with zero attached hydrogens (tertiary/aromatic N) is 1. The van der Waals surface area contributed by atoms with E-state index < -0.39 is 0 Å². The lowest BCUT2D eigenvalue weighted by Crippen LogP contribution is -2.41. The van der Waals surface area contributed by atoms with Gasteiger partial charge in [0.15, 0.2) is 0 Å². The summed E-state index contributed by atoms with van der Waals surface area (Å²) in [5, 5.41) is 3.54. The maximum absolute atomic E-state index is 3.54. The molecule has 1 rings (SSSR count). The van der Waals surface area contributed by atoms with E-state index in [4.69, 9.17) is 0 Å². The first-order valence-corrected chi connectivity index (χ1v) is 7.72. The molecule has 1 saturated carbocycles. The van der Waals surface area contributed by atoms with Gasteiger partial charge in [0.2, 0.25) is 0 Å². The first-order valence-electron chi connectivity index (χ1n) is 7.72. The topological polar surface area (TPSA) is 15.3 Å². The summed E-state index contributed by atoms with van der Waals surface area (Å²) in [5.41, 5.74) is 0. The maximum Gasteiger partial charge on any atom is 0.00952 e. The van der Waals surface area contributed by atoms with Gasteiger partial charge in [-0.25, -0.2) is 0 Å². The molecule has 0 bridgehead atoms. The smallest absolute Gasteiger partial charge is 0.00952 e. The van der Waals surface area contributed by atoms with Gasteiger partial charge >= 0.3 is 0 Å². The normalized spacial score (nSPS) is 19.8. The largest absolute Gasteiger partial charge is 0.316 e. The molecule has 2 nitrogen and oxygen atoms in total. The molecule has 1 N–H and O–H groups in total. The fraction of sp³-hybridized carbons (Fsp3) is 1.00. The van der Waals surface area contributed by atoms with Crippen LogP contribution in [0.1, 0.15) is 59.3 Å². The molecular formula is C15H32N2. The molecule has 1 atom stereocenters. The summed E-state index contributed by atoms with van der Waals surface area (Å²) in [7, 11) is 0. The Bertz CT molecular complexity index is 176. The Morgan fingerprint density at radius 3 is 2.47 bits per heavy atom. The fourth-order valence-electron chi connectivity index (χ4n) is 2.97. The van der Waals surface area contributed by atoms with Crippen LogP contribution in [0, 0.1) is 5.92 Å². The molecule has 0 aliphatic heterocycles. The second kappa shape index (κ2) is 8.93. The first-order chi connectivity index (χ1) is 8.27. The van der Waals surface area contributed by atoms with Gasteiger partial charge in [0.1, 0.15) is 0 Å². The first kappa shape index (κ1) is 15.0. The number of hydrogen-bond acceptors (Lipinski definition) is 2. The Labute approximate surface area is 108 Å². The molecule has 0 amide bonds. The monoisotopic (exact) mass is 240 g/mol. The molecule has 1 aliphatic rings. The molecule has 1 unspecified atom stereocenters. The van der Waals surface area contributed by atoms with Crippen molar-refractivity contribution in [3.05, 3.63) is 0 Å². The Morgan fingerprint density at radius 2 is 1.88 bits per heavy atom. The van der Waals surface area contributed by atoms with Crippen molar-refractivity contribution in [1.29, 1.82) is 0 Å². The third-order valence-electron chi connectivity index (χ3n) is 3.96. The Balaban J connectivity index is 2.24. The van der Waals surface area contributed by atoms with Crippen molar-refractivity contribution >= 4 is 0 Å². The highest BCUT2D eigenvalue weighted by Gasteiger charge is 2.20. The quantitative estimate of drug-likeness (QED) is 0.655. The summed E-state index contributed by atoms with van der Waals surface area (Å²) in [6, 6.07) is 0.877. The Kier molecular flexibility index (Phi) is 7.87. The van der Waals surface area contributed by atoms with Crippen LogP contribution >= 0.6 is 0 Å². The van der Waals surface area contributed by atoms with Gasteiger partial charge in [0.25, 0.3) is 0 Å². The molecule has 1 aliphatic carbocycles. The van der Waals surface area contributed by atoms with Crippen LogP contribution in [0.4, 0.5) is 0 Å². The van der Waals surface area contributed by atoms with Gasteiger partial charge in [-0.15, -0.1) is 0 Å². The van der Waals surface area contributed by atoms with Crippen molar-refractivity contribution in [2.45, 2.75) is 65.3 Å². The third-order valence-corrected chi connectivity index (χ3v) is 3.96. The second-order valence-corrected chi connectivity index (χ2v) is 5.69. The molecule has 0 heterocycles. The summed E-state index contributed by atoms with van der Waals surface area (Å²) >= 11 is 0. The molecule has 0 aromatic carbocycles. The van der Waals surface area contributed by atoms with E-state index >= 15 is 0 Å². The van der Waals surface area contributed by atoms with E-state index in [1.807, 2.05) is 0 Å².